The number of hydrogen-bond donors (Lipinski definition) is 2. The number of ether oxygens (including phenoxy) is 1. The molecule has 0 amide bonds. The van der Waals surface area contributed by atoms with Crippen LogP contribution in [0.15, 0.2) is 34.7 Å². The van der Waals surface area contributed by atoms with E-state index in [1.165, 1.54) is 19.1 Å². The summed E-state index contributed by atoms with van der Waals surface area (Å²) >= 11 is 0. The lowest BCUT2D eigenvalue weighted by atomic mass is 9.96. The van der Waals surface area contributed by atoms with Crippen molar-refractivity contribution in [3.63, 3.8) is 0 Å². The summed E-state index contributed by atoms with van der Waals surface area (Å²) in [5.41, 5.74) is 3.54. The highest BCUT2D eigenvalue weighted by Gasteiger charge is 2.38. The molecule has 1 aromatic carbocycles. The normalized spacial score (nSPS) is 21.5. The molecule has 4 bridgehead atoms. The van der Waals surface area contributed by atoms with Gasteiger partial charge in [0.1, 0.15) is 23.1 Å². The molecule has 1 unspecified atom stereocenters. The van der Waals surface area contributed by atoms with Crippen LogP contribution in [-0.2, 0) is 18.2 Å². The van der Waals surface area contributed by atoms with Gasteiger partial charge in [0.25, 0.3) is 5.89 Å². The number of aliphatic hydroxyl groups is 1. The Morgan fingerprint density at radius 3 is 2.59 bits per heavy atom. The number of rotatable bonds is 2. The Balaban J connectivity index is 1.78. The number of alkyl halides is 3. The molecule has 182 valence electrons. The molecular formula is C23H24F4N4O3. The van der Waals surface area contributed by atoms with E-state index in [1.54, 1.807) is 12.1 Å². The van der Waals surface area contributed by atoms with Gasteiger partial charge in [0, 0.05) is 6.42 Å². The van der Waals surface area contributed by atoms with Crippen LogP contribution in [0.25, 0.3) is 11.6 Å². The van der Waals surface area contributed by atoms with Gasteiger partial charge in [-0.25, -0.2) is 9.37 Å². The second kappa shape index (κ2) is 9.21. The Hall–Kier alpha value is -3.21. The third-order valence-electron chi connectivity index (χ3n) is 5.76. The largest absolute Gasteiger partial charge is 0.474 e. The molecule has 3 N–H and O–H groups in total. The van der Waals surface area contributed by atoms with Crippen molar-refractivity contribution in [2.45, 2.75) is 63.3 Å². The van der Waals surface area contributed by atoms with Crippen LogP contribution in [0.3, 0.4) is 0 Å². The molecule has 7 nitrogen and oxygen atoms in total. The van der Waals surface area contributed by atoms with E-state index >= 15 is 0 Å². The van der Waals surface area contributed by atoms with E-state index in [0.29, 0.717) is 37.7 Å². The van der Waals surface area contributed by atoms with Crippen molar-refractivity contribution in [1.29, 1.82) is 0 Å². The summed E-state index contributed by atoms with van der Waals surface area (Å²) in [6.45, 7) is 1.53. The Kier molecular flexibility index (Phi) is 6.48. The number of fused-ring (bicyclic) bond motifs is 5. The van der Waals surface area contributed by atoms with Gasteiger partial charge in [-0.2, -0.15) is 13.2 Å². The molecular weight excluding hydrogens is 456 g/mol. The van der Waals surface area contributed by atoms with Crippen molar-refractivity contribution in [3.8, 4) is 17.5 Å². The summed E-state index contributed by atoms with van der Waals surface area (Å²) in [5, 5.41) is 18.4. The third-order valence-corrected chi connectivity index (χ3v) is 5.76. The molecule has 0 spiro atoms. The van der Waals surface area contributed by atoms with E-state index in [-0.39, 0.29) is 29.6 Å². The molecule has 0 aliphatic carbocycles. The van der Waals surface area contributed by atoms with Crippen LogP contribution in [0.2, 0.25) is 0 Å². The van der Waals surface area contributed by atoms with Crippen molar-refractivity contribution in [3.05, 3.63) is 53.2 Å². The van der Waals surface area contributed by atoms with E-state index in [1.807, 2.05) is 0 Å². The highest BCUT2D eigenvalue weighted by molar-refractivity contribution is 5.68. The topological polar surface area (TPSA) is 107 Å². The number of benzene rings is 1. The van der Waals surface area contributed by atoms with Gasteiger partial charge in [-0.3, -0.25) is 0 Å². The molecule has 1 aliphatic rings. The Bertz CT molecular complexity index is 1150. The standard InChI is InChI=1S/C23H24F4N4O3/c1-22(32)10-4-2-3-5-15(11-13-6-8-14(24)9-7-13)33-19-16(23(25,26)27)12-17(28)18(29-19)20-30-31-21(22)34-20/h6-9,12,15,32H,2-5,10-11,28H2,1H3/t15?,22-/m1/s1. The van der Waals surface area contributed by atoms with Crippen molar-refractivity contribution < 1.29 is 31.8 Å². The van der Waals surface area contributed by atoms with E-state index in [0.717, 1.165) is 6.07 Å². The first-order valence-electron chi connectivity index (χ1n) is 10.9. The first-order valence-corrected chi connectivity index (χ1v) is 10.9. The molecule has 0 saturated heterocycles. The predicted molar refractivity (Wildman–Crippen MR) is 114 cm³/mol. The molecule has 0 fully saturated rings. The van der Waals surface area contributed by atoms with E-state index in [9.17, 15) is 22.7 Å². The first-order chi connectivity index (χ1) is 16.0. The predicted octanol–water partition coefficient (Wildman–Crippen LogP) is 5.03. The minimum atomic E-state index is -4.77. The van der Waals surface area contributed by atoms with Crippen LogP contribution < -0.4 is 10.5 Å². The molecule has 0 saturated carbocycles. The third kappa shape index (κ3) is 5.30. The average molecular weight is 480 g/mol. The van der Waals surface area contributed by atoms with E-state index in [4.69, 9.17) is 14.9 Å². The van der Waals surface area contributed by atoms with Crippen molar-refractivity contribution in [2.75, 3.05) is 5.73 Å². The van der Waals surface area contributed by atoms with Gasteiger partial charge in [0.05, 0.1) is 5.69 Å². The first kappa shape index (κ1) is 23.9. The van der Waals surface area contributed by atoms with Crippen LogP contribution >= 0.6 is 0 Å². The van der Waals surface area contributed by atoms with Crippen LogP contribution in [0.5, 0.6) is 5.88 Å². The summed E-state index contributed by atoms with van der Waals surface area (Å²) in [6, 6.07) is 6.42. The number of aromatic nitrogens is 3. The zero-order valence-corrected chi connectivity index (χ0v) is 18.4. The van der Waals surface area contributed by atoms with Gasteiger partial charge in [0.15, 0.2) is 5.69 Å². The minimum absolute atomic E-state index is 0.0719. The number of halogens is 4. The van der Waals surface area contributed by atoms with Gasteiger partial charge < -0.3 is 20.0 Å². The number of nitrogens with two attached hydrogens (primary N) is 1. The Morgan fingerprint density at radius 2 is 1.88 bits per heavy atom. The fraction of sp³-hybridized carbons (Fsp3) is 0.435. The smallest absolute Gasteiger partial charge is 0.421 e. The number of anilines is 1. The van der Waals surface area contributed by atoms with Gasteiger partial charge in [-0.1, -0.05) is 25.0 Å². The van der Waals surface area contributed by atoms with Crippen molar-refractivity contribution in [2.24, 2.45) is 0 Å². The highest BCUT2D eigenvalue weighted by Crippen LogP contribution is 2.40. The lowest BCUT2D eigenvalue weighted by Gasteiger charge is -2.23. The average Bonchev–Trinajstić information content (AvgIpc) is 3.25. The van der Waals surface area contributed by atoms with Crippen LogP contribution in [-0.4, -0.2) is 26.4 Å². The molecule has 34 heavy (non-hydrogen) atoms. The van der Waals surface area contributed by atoms with E-state index in [2.05, 4.69) is 15.2 Å². The molecule has 2 atom stereocenters. The fourth-order valence-electron chi connectivity index (χ4n) is 3.88. The van der Waals surface area contributed by atoms with Crippen LogP contribution in [0, 0.1) is 5.82 Å². The molecule has 2 aromatic heterocycles. The molecule has 1 aliphatic heterocycles. The molecule has 3 aromatic rings. The number of nitrogens with zero attached hydrogens (tertiary/aromatic N) is 3. The number of pyridine rings is 1. The van der Waals surface area contributed by atoms with Crippen LogP contribution in [0.4, 0.5) is 23.2 Å². The quantitative estimate of drug-likeness (QED) is 0.495. The Morgan fingerprint density at radius 1 is 1.15 bits per heavy atom. The minimum Gasteiger partial charge on any atom is -0.474 e. The second-order valence-electron chi connectivity index (χ2n) is 8.63. The highest BCUT2D eigenvalue weighted by atomic mass is 19.4. The van der Waals surface area contributed by atoms with Gasteiger partial charge in [0.2, 0.25) is 11.8 Å². The van der Waals surface area contributed by atoms with Crippen molar-refractivity contribution >= 4 is 5.69 Å². The Labute approximate surface area is 193 Å². The van der Waals surface area contributed by atoms with Crippen molar-refractivity contribution in [1.82, 2.24) is 15.2 Å². The fourth-order valence-corrected chi connectivity index (χ4v) is 3.88. The summed E-state index contributed by atoms with van der Waals surface area (Å²) in [4.78, 5) is 4.02. The van der Waals surface area contributed by atoms with Gasteiger partial charge >= 0.3 is 6.18 Å². The van der Waals surface area contributed by atoms with Gasteiger partial charge in [-0.15, -0.1) is 10.2 Å². The lowest BCUT2D eigenvalue weighted by Crippen LogP contribution is -2.23. The summed E-state index contributed by atoms with van der Waals surface area (Å²) < 4.78 is 66.1. The zero-order valence-electron chi connectivity index (χ0n) is 18.4. The SMILES string of the molecule is C[C@@]1(O)CCCCCC(Cc2ccc(F)cc2)Oc2nc(c(N)cc2C(F)(F)F)-c2nnc1o2. The summed E-state index contributed by atoms with van der Waals surface area (Å²) in [5.74, 6) is -1.37. The summed E-state index contributed by atoms with van der Waals surface area (Å²) in [6.07, 6.45) is -2.49. The molecule has 4 rings (SSSR count). The molecule has 3 heterocycles. The number of hydrogen-bond acceptors (Lipinski definition) is 7. The maximum atomic E-state index is 13.8. The maximum Gasteiger partial charge on any atom is 0.421 e. The summed E-state index contributed by atoms with van der Waals surface area (Å²) in [7, 11) is 0. The number of nitrogen functional groups attached to an aromatic ring is 1. The maximum absolute atomic E-state index is 13.8. The monoisotopic (exact) mass is 480 g/mol. The lowest BCUT2D eigenvalue weighted by molar-refractivity contribution is -0.139. The molecule has 0 radical (unpaired) electrons. The molecule has 11 heteroatoms. The van der Waals surface area contributed by atoms with Gasteiger partial charge in [-0.05, 0) is 49.9 Å². The second-order valence-corrected chi connectivity index (χ2v) is 8.63. The van der Waals surface area contributed by atoms with Crippen LogP contribution in [0.1, 0.15) is 56.0 Å². The zero-order chi connectivity index (χ0) is 24.5. The van der Waals surface area contributed by atoms with E-state index < -0.39 is 35.1 Å².